The molecule has 0 radical (unpaired) electrons. The Bertz CT molecular complexity index is 393. The highest BCUT2D eigenvalue weighted by Gasteiger charge is 2.05. The molecule has 0 saturated carbocycles. The molecule has 2 nitrogen and oxygen atoms in total. The van der Waals surface area contributed by atoms with Crippen LogP contribution in [0.3, 0.4) is 0 Å². The van der Waals surface area contributed by atoms with Crippen LogP contribution in [0, 0.1) is 0 Å². The predicted octanol–water partition coefficient (Wildman–Crippen LogP) is 4.15. The average Bonchev–Trinajstić information content (AvgIpc) is 2.34. The molecule has 0 fully saturated rings. The number of hydrogen-bond acceptors (Lipinski definition) is 2. The number of rotatable bonds is 6. The minimum atomic E-state index is 0.256. The van der Waals surface area contributed by atoms with Crippen molar-refractivity contribution in [2.24, 2.45) is 0 Å². The van der Waals surface area contributed by atoms with E-state index >= 15 is 0 Å². The third kappa shape index (κ3) is 5.17. The Morgan fingerprint density at radius 3 is 2.88 bits per heavy atom. The number of hydrogen-bond donors (Lipinski definition) is 1. The van der Waals surface area contributed by atoms with E-state index in [9.17, 15) is 0 Å². The molecule has 1 aromatic carbocycles. The van der Waals surface area contributed by atoms with Gasteiger partial charge >= 0.3 is 0 Å². The van der Waals surface area contributed by atoms with E-state index in [0.717, 1.165) is 17.9 Å². The minimum absolute atomic E-state index is 0.256. The van der Waals surface area contributed by atoms with Crippen LogP contribution < -0.4 is 10.1 Å². The van der Waals surface area contributed by atoms with Crippen molar-refractivity contribution in [2.45, 2.75) is 13.5 Å². The molecular weight excluding hydrogens is 280 g/mol. The zero-order chi connectivity index (χ0) is 12.7. The fourth-order valence-electron chi connectivity index (χ4n) is 1.26. The van der Waals surface area contributed by atoms with Gasteiger partial charge in [0.05, 0.1) is 5.03 Å². The van der Waals surface area contributed by atoms with Crippen LogP contribution in [0.4, 0.5) is 0 Å². The normalized spacial score (nSPS) is 11.6. The van der Waals surface area contributed by atoms with Crippen LogP contribution in [0.2, 0.25) is 5.02 Å². The Hall–Kier alpha value is -0.410. The molecule has 1 aromatic rings. The van der Waals surface area contributed by atoms with E-state index in [4.69, 9.17) is 39.5 Å². The molecule has 0 aromatic heterocycles. The molecule has 17 heavy (non-hydrogen) atoms. The van der Waals surface area contributed by atoms with Crippen LogP contribution in [0.1, 0.15) is 12.5 Å². The lowest BCUT2D eigenvalue weighted by Crippen LogP contribution is -2.13. The molecular formula is C12H14Cl3NO. The van der Waals surface area contributed by atoms with Gasteiger partial charge in [0, 0.05) is 22.7 Å². The monoisotopic (exact) mass is 293 g/mol. The van der Waals surface area contributed by atoms with E-state index in [2.05, 4.69) is 5.32 Å². The van der Waals surface area contributed by atoms with E-state index < -0.39 is 0 Å². The van der Waals surface area contributed by atoms with E-state index in [1.165, 1.54) is 5.54 Å². The van der Waals surface area contributed by atoms with Gasteiger partial charge in [-0.05, 0) is 24.7 Å². The summed E-state index contributed by atoms with van der Waals surface area (Å²) in [5, 5.41) is 4.36. The van der Waals surface area contributed by atoms with Gasteiger partial charge in [-0.2, -0.15) is 0 Å². The second kappa shape index (κ2) is 7.83. The Morgan fingerprint density at radius 1 is 1.47 bits per heavy atom. The summed E-state index contributed by atoms with van der Waals surface area (Å²) < 4.78 is 5.56. The minimum Gasteiger partial charge on any atom is -0.488 e. The summed E-state index contributed by atoms with van der Waals surface area (Å²) in [5.74, 6) is 0.756. The standard InChI is InChI=1S/C12H14Cl3NO/c1-2-16-7-9-5-10(14)3-4-12(9)17-8-11(15)6-13/h3-6,16H,2,7-8H2,1H3. The second-order valence-electron chi connectivity index (χ2n) is 3.38. The number of ether oxygens (including phenoxy) is 1. The fourth-order valence-corrected chi connectivity index (χ4v) is 1.58. The number of nitrogens with one attached hydrogen (secondary N) is 1. The molecule has 0 unspecified atom stereocenters. The first kappa shape index (κ1) is 14.7. The predicted molar refractivity (Wildman–Crippen MR) is 74.1 cm³/mol. The number of halogens is 3. The summed E-state index contributed by atoms with van der Waals surface area (Å²) >= 11 is 17.2. The van der Waals surface area contributed by atoms with E-state index in [1.807, 2.05) is 19.1 Å². The molecule has 5 heteroatoms. The van der Waals surface area contributed by atoms with Crippen molar-refractivity contribution >= 4 is 34.8 Å². The van der Waals surface area contributed by atoms with E-state index in [-0.39, 0.29) is 6.61 Å². The average molecular weight is 295 g/mol. The maximum atomic E-state index is 5.94. The maximum absolute atomic E-state index is 5.94. The summed E-state index contributed by atoms with van der Waals surface area (Å²) in [4.78, 5) is 0. The van der Waals surface area contributed by atoms with Crippen molar-refractivity contribution in [3.05, 3.63) is 39.4 Å². The SMILES string of the molecule is CCNCc1cc(Cl)ccc1OCC(Cl)=CCl. The molecule has 0 aliphatic rings. The van der Waals surface area contributed by atoms with Gasteiger partial charge in [0.2, 0.25) is 0 Å². The van der Waals surface area contributed by atoms with Crippen molar-refractivity contribution in [3.63, 3.8) is 0 Å². The Kier molecular flexibility index (Phi) is 6.75. The highest BCUT2D eigenvalue weighted by molar-refractivity contribution is 6.36. The van der Waals surface area contributed by atoms with Gasteiger partial charge in [0.25, 0.3) is 0 Å². The van der Waals surface area contributed by atoms with Crippen LogP contribution in [0.5, 0.6) is 5.75 Å². The lowest BCUT2D eigenvalue weighted by atomic mass is 10.2. The van der Waals surface area contributed by atoms with Gasteiger partial charge in [-0.25, -0.2) is 0 Å². The second-order valence-corrected chi connectivity index (χ2v) is 4.52. The van der Waals surface area contributed by atoms with Gasteiger partial charge in [-0.1, -0.05) is 41.7 Å². The van der Waals surface area contributed by atoms with E-state index in [0.29, 0.717) is 16.6 Å². The molecule has 0 bridgehead atoms. The van der Waals surface area contributed by atoms with Gasteiger partial charge in [-0.3, -0.25) is 0 Å². The molecule has 0 aliphatic heterocycles. The van der Waals surface area contributed by atoms with Crippen LogP contribution in [-0.4, -0.2) is 13.2 Å². The first-order valence-corrected chi connectivity index (χ1v) is 6.43. The highest BCUT2D eigenvalue weighted by Crippen LogP contribution is 2.23. The fraction of sp³-hybridized carbons (Fsp3) is 0.333. The smallest absolute Gasteiger partial charge is 0.125 e. The topological polar surface area (TPSA) is 21.3 Å². The molecule has 0 aliphatic carbocycles. The quantitative estimate of drug-likeness (QED) is 0.851. The van der Waals surface area contributed by atoms with Crippen molar-refractivity contribution in [1.29, 1.82) is 0 Å². The van der Waals surface area contributed by atoms with Crippen LogP contribution in [0.15, 0.2) is 28.8 Å². The molecule has 1 N–H and O–H groups in total. The van der Waals surface area contributed by atoms with Crippen molar-refractivity contribution in [2.75, 3.05) is 13.2 Å². The molecule has 0 heterocycles. The molecule has 0 amide bonds. The van der Waals surface area contributed by atoms with Crippen molar-refractivity contribution in [3.8, 4) is 5.75 Å². The van der Waals surface area contributed by atoms with Crippen LogP contribution in [0.25, 0.3) is 0 Å². The molecule has 0 saturated heterocycles. The lowest BCUT2D eigenvalue weighted by molar-refractivity contribution is 0.354. The molecule has 94 valence electrons. The van der Waals surface area contributed by atoms with Crippen molar-refractivity contribution < 1.29 is 4.74 Å². The summed E-state index contributed by atoms with van der Waals surface area (Å²) in [6.45, 7) is 3.88. The molecule has 0 atom stereocenters. The first-order valence-electron chi connectivity index (χ1n) is 5.24. The largest absolute Gasteiger partial charge is 0.488 e. The summed E-state index contributed by atoms with van der Waals surface area (Å²) in [7, 11) is 0. The van der Waals surface area contributed by atoms with Crippen molar-refractivity contribution in [1.82, 2.24) is 5.32 Å². The van der Waals surface area contributed by atoms with E-state index in [1.54, 1.807) is 6.07 Å². The number of benzene rings is 1. The summed E-state index contributed by atoms with van der Waals surface area (Å²) in [6.07, 6.45) is 0. The Labute approximate surface area is 117 Å². The first-order chi connectivity index (χ1) is 8.17. The lowest BCUT2D eigenvalue weighted by Gasteiger charge is -2.11. The third-order valence-electron chi connectivity index (χ3n) is 2.07. The Morgan fingerprint density at radius 2 is 2.24 bits per heavy atom. The molecule has 1 rings (SSSR count). The zero-order valence-corrected chi connectivity index (χ0v) is 11.7. The zero-order valence-electron chi connectivity index (χ0n) is 9.47. The third-order valence-corrected chi connectivity index (χ3v) is 2.90. The summed E-state index contributed by atoms with van der Waals surface area (Å²) in [6, 6.07) is 5.48. The van der Waals surface area contributed by atoms with Gasteiger partial charge < -0.3 is 10.1 Å². The van der Waals surface area contributed by atoms with Gasteiger partial charge in [-0.15, -0.1) is 0 Å². The Balaban J connectivity index is 2.75. The van der Waals surface area contributed by atoms with Gasteiger partial charge in [0.1, 0.15) is 12.4 Å². The van der Waals surface area contributed by atoms with Crippen LogP contribution >= 0.6 is 34.8 Å². The summed E-state index contributed by atoms with van der Waals surface area (Å²) in [5.41, 5.74) is 2.29. The highest BCUT2D eigenvalue weighted by atomic mass is 35.5. The van der Waals surface area contributed by atoms with Crippen LogP contribution in [-0.2, 0) is 6.54 Å². The van der Waals surface area contributed by atoms with Gasteiger partial charge in [0.15, 0.2) is 0 Å². The molecule has 0 spiro atoms. The maximum Gasteiger partial charge on any atom is 0.125 e.